The molecule has 2 aromatic rings. The highest BCUT2D eigenvalue weighted by molar-refractivity contribution is 7.92. The van der Waals surface area contributed by atoms with E-state index in [9.17, 15) is 18.0 Å². The van der Waals surface area contributed by atoms with E-state index in [0.29, 0.717) is 30.8 Å². The fourth-order valence-corrected chi connectivity index (χ4v) is 5.98. The van der Waals surface area contributed by atoms with Crippen molar-refractivity contribution < 1.29 is 22.7 Å². The summed E-state index contributed by atoms with van der Waals surface area (Å²) in [5, 5.41) is 3.16. The van der Waals surface area contributed by atoms with Crippen LogP contribution >= 0.6 is 0 Å². The summed E-state index contributed by atoms with van der Waals surface area (Å²) in [6.45, 7) is 4.40. The van der Waals surface area contributed by atoms with Crippen LogP contribution in [0.2, 0.25) is 0 Å². The fourth-order valence-electron chi connectivity index (χ4n) is 5.01. The van der Waals surface area contributed by atoms with E-state index in [4.69, 9.17) is 4.74 Å². The number of carbonyl (C=O) groups excluding carboxylic acids is 2. The SMILES string of the molecule is CC[C@@H](C(=O)NC1CCCC1)N(Cc1ccccc1C)C(=O)CCCN(c1ccc(OC)cc1)S(C)(=O)=O. The van der Waals surface area contributed by atoms with E-state index < -0.39 is 16.1 Å². The summed E-state index contributed by atoms with van der Waals surface area (Å²) in [4.78, 5) is 28.6. The van der Waals surface area contributed by atoms with Crippen molar-refractivity contribution in [1.29, 1.82) is 0 Å². The van der Waals surface area contributed by atoms with Gasteiger partial charge in [-0.3, -0.25) is 13.9 Å². The van der Waals surface area contributed by atoms with Crippen LogP contribution in [0.5, 0.6) is 5.75 Å². The summed E-state index contributed by atoms with van der Waals surface area (Å²) in [6, 6.07) is 14.2. The molecule has 0 unspecified atom stereocenters. The topological polar surface area (TPSA) is 96.0 Å². The van der Waals surface area contributed by atoms with Crippen LogP contribution in [0.1, 0.15) is 63.0 Å². The van der Waals surface area contributed by atoms with E-state index in [1.807, 2.05) is 38.1 Å². The summed E-state index contributed by atoms with van der Waals surface area (Å²) in [5.74, 6) is 0.355. The second-order valence-electron chi connectivity index (χ2n) is 10.00. The molecule has 1 atom stereocenters. The number of benzene rings is 2. The Morgan fingerprint density at radius 3 is 2.32 bits per heavy atom. The van der Waals surface area contributed by atoms with E-state index in [-0.39, 0.29) is 30.8 Å². The first kappa shape index (κ1) is 29.5. The normalized spacial score (nSPS) is 14.6. The molecule has 1 saturated carbocycles. The lowest BCUT2D eigenvalue weighted by molar-refractivity contribution is -0.141. The zero-order chi connectivity index (χ0) is 27.7. The van der Waals surface area contributed by atoms with Crippen LogP contribution in [0, 0.1) is 6.92 Å². The lowest BCUT2D eigenvalue weighted by Crippen LogP contribution is -2.51. The Labute approximate surface area is 227 Å². The average Bonchev–Trinajstić information content (AvgIpc) is 3.40. The third-order valence-corrected chi connectivity index (χ3v) is 8.40. The highest BCUT2D eigenvalue weighted by atomic mass is 32.2. The molecule has 0 saturated heterocycles. The van der Waals surface area contributed by atoms with Crippen LogP contribution in [-0.4, -0.2) is 57.1 Å². The minimum Gasteiger partial charge on any atom is -0.497 e. The molecule has 38 heavy (non-hydrogen) atoms. The van der Waals surface area contributed by atoms with Crippen LogP contribution in [0.15, 0.2) is 48.5 Å². The van der Waals surface area contributed by atoms with Gasteiger partial charge in [-0.25, -0.2) is 8.42 Å². The molecule has 1 aliphatic carbocycles. The molecule has 3 rings (SSSR count). The molecule has 0 spiro atoms. The monoisotopic (exact) mass is 543 g/mol. The third-order valence-electron chi connectivity index (χ3n) is 7.20. The Balaban J connectivity index is 1.75. The molecule has 1 aliphatic rings. The summed E-state index contributed by atoms with van der Waals surface area (Å²) >= 11 is 0. The molecular formula is C29H41N3O5S. The zero-order valence-electron chi connectivity index (χ0n) is 23.0. The van der Waals surface area contributed by atoms with Crippen molar-refractivity contribution >= 4 is 27.5 Å². The number of hydrogen-bond acceptors (Lipinski definition) is 5. The number of nitrogens with zero attached hydrogens (tertiary/aromatic N) is 2. The summed E-state index contributed by atoms with van der Waals surface area (Å²) in [5.41, 5.74) is 2.56. The minimum atomic E-state index is -3.55. The number of aryl methyl sites for hydroxylation is 1. The van der Waals surface area contributed by atoms with E-state index in [1.165, 1.54) is 4.31 Å². The van der Waals surface area contributed by atoms with Gasteiger partial charge in [0.1, 0.15) is 11.8 Å². The molecule has 9 heteroatoms. The van der Waals surface area contributed by atoms with Gasteiger partial charge in [0.2, 0.25) is 21.8 Å². The third kappa shape index (κ3) is 7.96. The molecule has 0 aliphatic heterocycles. The smallest absolute Gasteiger partial charge is 0.243 e. The number of amides is 2. The maximum absolute atomic E-state index is 13.6. The first-order valence-corrected chi connectivity index (χ1v) is 15.2. The summed E-state index contributed by atoms with van der Waals surface area (Å²) in [7, 11) is -2.00. The lowest BCUT2D eigenvalue weighted by atomic mass is 10.0. The van der Waals surface area contributed by atoms with Gasteiger partial charge in [0.15, 0.2) is 0 Å². The standard InChI is InChI=1S/C29H41N3O5S/c1-5-27(29(34)30-24-13-8-9-14-24)31(21-23-12-7-6-11-22(23)2)28(33)15-10-20-32(38(4,35)36)25-16-18-26(37-3)19-17-25/h6-7,11-12,16-19,24,27H,5,8-10,13-15,20-21H2,1-4H3,(H,30,34)/t27-/m0/s1. The van der Waals surface area contributed by atoms with Gasteiger partial charge in [0.25, 0.3) is 0 Å². The van der Waals surface area contributed by atoms with Gasteiger partial charge in [0.05, 0.1) is 19.1 Å². The van der Waals surface area contributed by atoms with Crippen molar-refractivity contribution in [1.82, 2.24) is 10.2 Å². The number of hydrogen-bond donors (Lipinski definition) is 1. The Hall–Kier alpha value is -3.07. The molecule has 208 valence electrons. The predicted octanol–water partition coefficient (Wildman–Crippen LogP) is 4.42. The average molecular weight is 544 g/mol. The van der Waals surface area contributed by atoms with Gasteiger partial charge in [-0.1, -0.05) is 44.0 Å². The predicted molar refractivity (Wildman–Crippen MR) is 151 cm³/mol. The van der Waals surface area contributed by atoms with E-state index >= 15 is 0 Å². The van der Waals surface area contributed by atoms with Gasteiger partial charge in [-0.2, -0.15) is 0 Å². The van der Waals surface area contributed by atoms with Crippen molar-refractivity contribution in [3.63, 3.8) is 0 Å². The van der Waals surface area contributed by atoms with Gasteiger partial charge in [-0.05, 0) is 68.0 Å². The maximum atomic E-state index is 13.6. The molecule has 0 bridgehead atoms. The quantitative estimate of drug-likeness (QED) is 0.404. The number of nitrogens with one attached hydrogen (secondary N) is 1. The Kier molecular flexibility index (Phi) is 10.6. The maximum Gasteiger partial charge on any atom is 0.243 e. The Bertz CT molecular complexity index is 1180. The van der Waals surface area contributed by atoms with Crippen LogP contribution < -0.4 is 14.4 Å². The zero-order valence-corrected chi connectivity index (χ0v) is 23.8. The first-order chi connectivity index (χ1) is 18.1. The largest absolute Gasteiger partial charge is 0.497 e. The van der Waals surface area contributed by atoms with E-state index in [0.717, 1.165) is 43.1 Å². The van der Waals surface area contributed by atoms with Crippen LogP contribution in [0.3, 0.4) is 0 Å². The molecule has 0 aromatic heterocycles. The highest BCUT2D eigenvalue weighted by Gasteiger charge is 2.31. The second-order valence-corrected chi connectivity index (χ2v) is 11.9. The van der Waals surface area contributed by atoms with E-state index in [2.05, 4.69) is 5.32 Å². The Morgan fingerprint density at radius 2 is 1.74 bits per heavy atom. The van der Waals surface area contributed by atoms with Crippen molar-refractivity contribution in [2.45, 2.75) is 77.4 Å². The van der Waals surface area contributed by atoms with Gasteiger partial charge < -0.3 is 15.0 Å². The van der Waals surface area contributed by atoms with Gasteiger partial charge >= 0.3 is 0 Å². The van der Waals surface area contributed by atoms with E-state index in [1.54, 1.807) is 36.3 Å². The summed E-state index contributed by atoms with van der Waals surface area (Å²) < 4.78 is 31.5. The van der Waals surface area contributed by atoms with Crippen molar-refractivity contribution in [2.24, 2.45) is 0 Å². The Morgan fingerprint density at radius 1 is 1.08 bits per heavy atom. The summed E-state index contributed by atoms with van der Waals surface area (Å²) in [6.07, 6.45) is 6.27. The van der Waals surface area contributed by atoms with Crippen molar-refractivity contribution in [2.75, 3.05) is 24.2 Å². The molecule has 8 nitrogen and oxygen atoms in total. The minimum absolute atomic E-state index is 0.114. The fraction of sp³-hybridized carbons (Fsp3) is 0.517. The second kappa shape index (κ2) is 13.6. The first-order valence-electron chi connectivity index (χ1n) is 13.4. The molecule has 1 N–H and O–H groups in total. The van der Waals surface area contributed by atoms with Crippen LogP contribution in [-0.2, 0) is 26.2 Å². The number of carbonyl (C=O) groups is 2. The number of anilines is 1. The molecule has 2 aromatic carbocycles. The van der Waals surface area contributed by atoms with Crippen LogP contribution in [0.25, 0.3) is 0 Å². The van der Waals surface area contributed by atoms with Gasteiger partial charge in [-0.15, -0.1) is 0 Å². The molecule has 1 fully saturated rings. The van der Waals surface area contributed by atoms with Gasteiger partial charge in [0, 0.05) is 25.6 Å². The lowest BCUT2D eigenvalue weighted by Gasteiger charge is -2.32. The molecule has 2 amide bonds. The number of sulfonamides is 1. The van der Waals surface area contributed by atoms with Crippen molar-refractivity contribution in [3.8, 4) is 5.75 Å². The van der Waals surface area contributed by atoms with Crippen LogP contribution in [0.4, 0.5) is 5.69 Å². The number of methoxy groups -OCH3 is 1. The molecule has 0 heterocycles. The number of rotatable bonds is 13. The highest BCUT2D eigenvalue weighted by Crippen LogP contribution is 2.23. The van der Waals surface area contributed by atoms with Crippen molar-refractivity contribution in [3.05, 3.63) is 59.7 Å². The molecular weight excluding hydrogens is 502 g/mol. The number of ether oxygens (including phenoxy) is 1. The molecule has 0 radical (unpaired) electrons.